The van der Waals surface area contributed by atoms with Gasteiger partial charge < -0.3 is 10.4 Å². The maximum absolute atomic E-state index is 10.9. The van der Waals surface area contributed by atoms with Gasteiger partial charge in [-0.3, -0.25) is 4.79 Å². The predicted octanol–water partition coefficient (Wildman–Crippen LogP) is 2.62. The van der Waals surface area contributed by atoms with E-state index in [0.29, 0.717) is 13.0 Å². The number of carboxylic acid groups (broad SMARTS) is 1. The highest BCUT2D eigenvalue weighted by atomic mass is 32.1. The molecule has 0 saturated heterocycles. The number of hydrogen-bond donors (Lipinski definition) is 2. The van der Waals surface area contributed by atoms with Crippen molar-refractivity contribution in [3.63, 3.8) is 0 Å². The first-order chi connectivity index (χ1) is 7.67. The molecule has 0 fully saturated rings. The second kappa shape index (κ2) is 6.48. The first kappa shape index (κ1) is 13.0. The van der Waals surface area contributed by atoms with Gasteiger partial charge in [0.1, 0.15) is 0 Å². The Morgan fingerprint density at radius 3 is 2.88 bits per heavy atom. The molecule has 90 valence electrons. The molecule has 0 aliphatic carbocycles. The summed E-state index contributed by atoms with van der Waals surface area (Å²) in [5, 5.41) is 14.9. The molecule has 16 heavy (non-hydrogen) atoms. The van der Waals surface area contributed by atoms with Crippen molar-refractivity contribution in [3.8, 4) is 0 Å². The highest BCUT2D eigenvalue weighted by Crippen LogP contribution is 2.17. The fourth-order valence-corrected chi connectivity index (χ4v) is 2.23. The molecule has 0 aliphatic heterocycles. The molecule has 4 nitrogen and oxygen atoms in total. The van der Waals surface area contributed by atoms with E-state index in [4.69, 9.17) is 5.11 Å². The lowest BCUT2D eigenvalue weighted by molar-refractivity contribution is -0.141. The molecule has 1 unspecified atom stereocenters. The quantitative estimate of drug-likeness (QED) is 0.771. The van der Waals surface area contributed by atoms with Crippen molar-refractivity contribution in [1.82, 2.24) is 4.98 Å². The van der Waals surface area contributed by atoms with Gasteiger partial charge in [-0.1, -0.05) is 20.3 Å². The van der Waals surface area contributed by atoms with Crippen LogP contribution in [0.4, 0.5) is 5.13 Å². The average Bonchev–Trinajstić information content (AvgIpc) is 2.71. The van der Waals surface area contributed by atoms with Crippen molar-refractivity contribution >= 4 is 22.4 Å². The SMILES string of the molecule is CCCC(CNc1nc(CC)cs1)C(=O)O. The first-order valence-electron chi connectivity index (χ1n) is 5.58. The van der Waals surface area contributed by atoms with Crippen LogP contribution in [-0.4, -0.2) is 22.6 Å². The third-order valence-corrected chi connectivity index (χ3v) is 3.25. The number of aryl methyl sites for hydroxylation is 1. The Labute approximate surface area is 99.7 Å². The number of carboxylic acids is 1. The number of carbonyl (C=O) groups is 1. The lowest BCUT2D eigenvalue weighted by atomic mass is 10.0. The fourth-order valence-electron chi connectivity index (χ4n) is 1.42. The molecule has 0 spiro atoms. The van der Waals surface area contributed by atoms with E-state index in [0.717, 1.165) is 23.7 Å². The van der Waals surface area contributed by atoms with Gasteiger partial charge in [0.2, 0.25) is 0 Å². The van der Waals surface area contributed by atoms with Gasteiger partial charge in [-0.15, -0.1) is 11.3 Å². The standard InChI is InChI=1S/C11H18N2O2S/c1-3-5-8(10(14)15)6-12-11-13-9(4-2)7-16-11/h7-8H,3-6H2,1-2H3,(H,12,13)(H,14,15). The van der Waals surface area contributed by atoms with Crippen LogP contribution >= 0.6 is 11.3 Å². The second-order valence-electron chi connectivity index (χ2n) is 3.70. The Morgan fingerprint density at radius 1 is 1.62 bits per heavy atom. The molecular weight excluding hydrogens is 224 g/mol. The maximum Gasteiger partial charge on any atom is 0.308 e. The van der Waals surface area contributed by atoms with Gasteiger partial charge in [0, 0.05) is 11.9 Å². The number of anilines is 1. The summed E-state index contributed by atoms with van der Waals surface area (Å²) >= 11 is 1.53. The van der Waals surface area contributed by atoms with Crippen molar-refractivity contribution in [1.29, 1.82) is 0 Å². The van der Waals surface area contributed by atoms with Crippen molar-refractivity contribution in [2.24, 2.45) is 5.92 Å². The molecular formula is C11H18N2O2S. The molecule has 0 radical (unpaired) electrons. The second-order valence-corrected chi connectivity index (χ2v) is 4.56. The van der Waals surface area contributed by atoms with Gasteiger partial charge >= 0.3 is 5.97 Å². The lowest BCUT2D eigenvalue weighted by Crippen LogP contribution is -2.22. The highest BCUT2D eigenvalue weighted by Gasteiger charge is 2.16. The molecule has 1 heterocycles. The van der Waals surface area contributed by atoms with Crippen LogP contribution in [0.1, 0.15) is 32.4 Å². The number of thiazole rings is 1. The Balaban J connectivity index is 2.45. The molecule has 1 atom stereocenters. The summed E-state index contributed by atoms with van der Waals surface area (Å²) in [7, 11) is 0. The van der Waals surface area contributed by atoms with Crippen LogP contribution in [-0.2, 0) is 11.2 Å². The van der Waals surface area contributed by atoms with E-state index in [2.05, 4.69) is 17.2 Å². The van der Waals surface area contributed by atoms with Crippen LogP contribution in [0.5, 0.6) is 0 Å². The third kappa shape index (κ3) is 3.81. The summed E-state index contributed by atoms with van der Waals surface area (Å²) in [6.07, 6.45) is 2.50. The average molecular weight is 242 g/mol. The molecule has 0 aliphatic rings. The largest absolute Gasteiger partial charge is 0.481 e. The van der Waals surface area contributed by atoms with E-state index in [9.17, 15) is 4.79 Å². The van der Waals surface area contributed by atoms with Gasteiger partial charge in [0.25, 0.3) is 0 Å². The zero-order chi connectivity index (χ0) is 12.0. The lowest BCUT2D eigenvalue weighted by Gasteiger charge is -2.11. The van der Waals surface area contributed by atoms with Crippen molar-refractivity contribution in [2.45, 2.75) is 33.1 Å². The summed E-state index contributed by atoms with van der Waals surface area (Å²) in [5.74, 6) is -1.06. The van der Waals surface area contributed by atoms with Gasteiger partial charge in [0.15, 0.2) is 5.13 Å². The summed E-state index contributed by atoms with van der Waals surface area (Å²) in [6.45, 7) is 4.50. The number of nitrogens with zero attached hydrogens (tertiary/aromatic N) is 1. The van der Waals surface area contributed by atoms with E-state index < -0.39 is 5.97 Å². The molecule has 1 aromatic rings. The minimum atomic E-state index is -0.735. The van der Waals surface area contributed by atoms with E-state index in [1.807, 2.05) is 12.3 Å². The fraction of sp³-hybridized carbons (Fsp3) is 0.636. The van der Waals surface area contributed by atoms with Crippen LogP contribution in [0.15, 0.2) is 5.38 Å². The first-order valence-corrected chi connectivity index (χ1v) is 6.46. The van der Waals surface area contributed by atoms with Gasteiger partial charge in [-0.25, -0.2) is 4.98 Å². The monoisotopic (exact) mass is 242 g/mol. The van der Waals surface area contributed by atoms with Crippen molar-refractivity contribution < 1.29 is 9.90 Å². The van der Waals surface area contributed by atoms with Crippen LogP contribution < -0.4 is 5.32 Å². The maximum atomic E-state index is 10.9. The topological polar surface area (TPSA) is 62.2 Å². The Morgan fingerprint density at radius 2 is 2.38 bits per heavy atom. The molecule has 5 heteroatoms. The van der Waals surface area contributed by atoms with Gasteiger partial charge in [0.05, 0.1) is 11.6 Å². The van der Waals surface area contributed by atoms with Crippen LogP contribution in [0, 0.1) is 5.92 Å². The van der Waals surface area contributed by atoms with Crippen molar-refractivity contribution in [2.75, 3.05) is 11.9 Å². The Hall–Kier alpha value is -1.10. The zero-order valence-corrected chi connectivity index (χ0v) is 10.5. The van der Waals surface area contributed by atoms with Gasteiger partial charge in [-0.2, -0.15) is 0 Å². The molecule has 2 N–H and O–H groups in total. The smallest absolute Gasteiger partial charge is 0.308 e. The molecule has 0 amide bonds. The summed E-state index contributed by atoms with van der Waals surface area (Å²) in [6, 6.07) is 0. The minimum Gasteiger partial charge on any atom is -0.481 e. The Bertz CT molecular complexity index is 338. The van der Waals surface area contributed by atoms with E-state index >= 15 is 0 Å². The molecule has 0 aromatic carbocycles. The molecule has 1 rings (SSSR count). The number of aromatic nitrogens is 1. The number of rotatable bonds is 7. The summed E-state index contributed by atoms with van der Waals surface area (Å²) in [4.78, 5) is 15.2. The van der Waals surface area contributed by atoms with Gasteiger partial charge in [-0.05, 0) is 12.8 Å². The van der Waals surface area contributed by atoms with E-state index in [-0.39, 0.29) is 5.92 Å². The van der Waals surface area contributed by atoms with E-state index in [1.165, 1.54) is 11.3 Å². The minimum absolute atomic E-state index is 0.320. The third-order valence-electron chi connectivity index (χ3n) is 2.40. The zero-order valence-electron chi connectivity index (χ0n) is 9.69. The molecule has 1 aromatic heterocycles. The predicted molar refractivity (Wildman–Crippen MR) is 66.0 cm³/mol. The van der Waals surface area contributed by atoms with Crippen molar-refractivity contribution in [3.05, 3.63) is 11.1 Å². The molecule has 0 bridgehead atoms. The Kier molecular flexibility index (Phi) is 5.25. The summed E-state index contributed by atoms with van der Waals surface area (Å²) in [5.41, 5.74) is 1.05. The van der Waals surface area contributed by atoms with Crippen LogP contribution in [0.25, 0.3) is 0 Å². The summed E-state index contributed by atoms with van der Waals surface area (Å²) < 4.78 is 0. The normalized spacial score (nSPS) is 12.4. The number of hydrogen-bond acceptors (Lipinski definition) is 4. The number of aliphatic carboxylic acids is 1. The van der Waals surface area contributed by atoms with Crippen LogP contribution in [0.3, 0.4) is 0 Å². The van der Waals surface area contributed by atoms with E-state index in [1.54, 1.807) is 0 Å². The molecule has 0 saturated carbocycles. The van der Waals surface area contributed by atoms with Crippen LogP contribution in [0.2, 0.25) is 0 Å². The highest BCUT2D eigenvalue weighted by molar-refractivity contribution is 7.13. The number of nitrogens with one attached hydrogen (secondary N) is 1.